The first-order chi connectivity index (χ1) is 8.47. The zero-order valence-corrected chi connectivity index (χ0v) is 10.2. The van der Waals surface area contributed by atoms with Gasteiger partial charge in [-0.15, -0.1) is 0 Å². The minimum absolute atomic E-state index is 0.112. The van der Waals surface area contributed by atoms with Gasteiger partial charge in [0.25, 0.3) is 0 Å². The molecule has 0 bridgehead atoms. The van der Waals surface area contributed by atoms with Crippen molar-refractivity contribution >= 4 is 5.97 Å². The average Bonchev–Trinajstić information content (AvgIpc) is 2.27. The van der Waals surface area contributed by atoms with Gasteiger partial charge in [0.05, 0.1) is 5.56 Å². The van der Waals surface area contributed by atoms with Crippen LogP contribution in [0, 0.1) is 19.7 Å². The lowest BCUT2D eigenvalue weighted by molar-refractivity contribution is 0.0697. The van der Waals surface area contributed by atoms with Crippen LogP contribution in [0.3, 0.4) is 0 Å². The molecular weight excluding hydrogens is 231 g/mol. The van der Waals surface area contributed by atoms with Crippen molar-refractivity contribution in [3.8, 4) is 11.1 Å². The molecule has 0 fully saturated rings. The molecule has 0 amide bonds. The third kappa shape index (κ3) is 2.40. The van der Waals surface area contributed by atoms with E-state index >= 15 is 0 Å². The molecular formula is C15H13FO2. The van der Waals surface area contributed by atoms with Gasteiger partial charge in [0.2, 0.25) is 0 Å². The van der Waals surface area contributed by atoms with Crippen LogP contribution in [0.25, 0.3) is 11.1 Å². The lowest BCUT2D eigenvalue weighted by atomic mass is 9.96. The van der Waals surface area contributed by atoms with E-state index in [4.69, 9.17) is 5.11 Å². The molecule has 1 N–H and O–H groups in total. The molecule has 2 aromatic rings. The largest absolute Gasteiger partial charge is 0.478 e. The minimum Gasteiger partial charge on any atom is -0.478 e. The zero-order chi connectivity index (χ0) is 13.3. The Morgan fingerprint density at radius 3 is 2.22 bits per heavy atom. The van der Waals surface area contributed by atoms with Gasteiger partial charge in [-0.1, -0.05) is 29.3 Å². The smallest absolute Gasteiger partial charge is 0.336 e. The number of aryl methyl sites for hydroxylation is 2. The summed E-state index contributed by atoms with van der Waals surface area (Å²) >= 11 is 0. The number of carboxylic acid groups (broad SMARTS) is 1. The second kappa shape index (κ2) is 4.61. The molecule has 0 spiro atoms. The second-order valence-electron chi connectivity index (χ2n) is 4.37. The van der Waals surface area contributed by atoms with Crippen LogP contribution in [-0.4, -0.2) is 11.1 Å². The molecule has 0 saturated carbocycles. The monoisotopic (exact) mass is 244 g/mol. The fourth-order valence-electron chi connectivity index (χ4n) is 2.07. The Hall–Kier alpha value is -2.16. The highest BCUT2D eigenvalue weighted by Gasteiger charge is 2.13. The van der Waals surface area contributed by atoms with Crippen LogP contribution in [-0.2, 0) is 0 Å². The molecule has 0 radical (unpaired) electrons. The van der Waals surface area contributed by atoms with E-state index in [1.165, 1.54) is 12.1 Å². The van der Waals surface area contributed by atoms with Crippen molar-refractivity contribution in [2.45, 2.75) is 13.8 Å². The van der Waals surface area contributed by atoms with Gasteiger partial charge < -0.3 is 5.11 Å². The van der Waals surface area contributed by atoms with Gasteiger partial charge in [0, 0.05) is 0 Å². The Morgan fingerprint density at radius 1 is 1.06 bits per heavy atom. The Balaban J connectivity index is 2.68. The van der Waals surface area contributed by atoms with E-state index in [0.717, 1.165) is 22.8 Å². The van der Waals surface area contributed by atoms with Crippen LogP contribution in [0.4, 0.5) is 4.39 Å². The third-order valence-corrected chi connectivity index (χ3v) is 2.74. The lowest BCUT2D eigenvalue weighted by Crippen LogP contribution is -2.00. The first-order valence-corrected chi connectivity index (χ1v) is 5.59. The predicted molar refractivity (Wildman–Crippen MR) is 68.3 cm³/mol. The standard InChI is InChI=1S/C15H13FO2/c1-9-5-10(2)7-11(6-9)14-8-12(16)3-4-13(14)15(17)18/h3-8H,1-2H3,(H,17,18). The fraction of sp³-hybridized carbons (Fsp3) is 0.133. The highest BCUT2D eigenvalue weighted by atomic mass is 19.1. The van der Waals surface area contributed by atoms with Crippen molar-refractivity contribution in [1.29, 1.82) is 0 Å². The maximum absolute atomic E-state index is 13.3. The summed E-state index contributed by atoms with van der Waals surface area (Å²) in [4.78, 5) is 11.2. The molecule has 92 valence electrons. The first kappa shape index (κ1) is 12.3. The summed E-state index contributed by atoms with van der Waals surface area (Å²) in [5.74, 6) is -1.49. The van der Waals surface area contributed by atoms with Crippen molar-refractivity contribution in [3.63, 3.8) is 0 Å². The van der Waals surface area contributed by atoms with Gasteiger partial charge in [0.15, 0.2) is 0 Å². The highest BCUT2D eigenvalue weighted by Crippen LogP contribution is 2.26. The predicted octanol–water partition coefficient (Wildman–Crippen LogP) is 3.81. The Labute approximate surface area is 105 Å². The molecule has 0 heterocycles. The summed E-state index contributed by atoms with van der Waals surface area (Å²) in [7, 11) is 0. The molecule has 0 aliphatic carbocycles. The first-order valence-electron chi connectivity index (χ1n) is 5.59. The molecule has 0 saturated heterocycles. The molecule has 0 unspecified atom stereocenters. The van der Waals surface area contributed by atoms with E-state index in [1.807, 2.05) is 32.0 Å². The van der Waals surface area contributed by atoms with Crippen molar-refractivity contribution in [1.82, 2.24) is 0 Å². The lowest BCUT2D eigenvalue weighted by Gasteiger charge is -2.09. The summed E-state index contributed by atoms with van der Waals surface area (Å²) in [6, 6.07) is 9.42. The Morgan fingerprint density at radius 2 is 1.67 bits per heavy atom. The topological polar surface area (TPSA) is 37.3 Å². The molecule has 2 aromatic carbocycles. The third-order valence-electron chi connectivity index (χ3n) is 2.74. The van der Waals surface area contributed by atoms with E-state index < -0.39 is 11.8 Å². The van der Waals surface area contributed by atoms with E-state index in [-0.39, 0.29) is 5.56 Å². The summed E-state index contributed by atoms with van der Waals surface area (Å²) in [6.45, 7) is 3.85. The van der Waals surface area contributed by atoms with Crippen molar-refractivity contribution in [3.05, 3.63) is 58.9 Å². The normalized spacial score (nSPS) is 10.4. The SMILES string of the molecule is Cc1cc(C)cc(-c2cc(F)ccc2C(=O)O)c1. The van der Waals surface area contributed by atoms with Gasteiger partial charge in [-0.05, 0) is 43.2 Å². The highest BCUT2D eigenvalue weighted by molar-refractivity contribution is 5.96. The van der Waals surface area contributed by atoms with Gasteiger partial charge in [0.1, 0.15) is 5.82 Å². The summed E-state index contributed by atoms with van der Waals surface area (Å²) < 4.78 is 13.3. The average molecular weight is 244 g/mol. The number of carbonyl (C=O) groups is 1. The van der Waals surface area contributed by atoms with Crippen molar-refractivity contribution in [2.24, 2.45) is 0 Å². The number of halogens is 1. The number of carboxylic acids is 1. The number of hydrogen-bond donors (Lipinski definition) is 1. The molecule has 0 aromatic heterocycles. The molecule has 0 aliphatic rings. The van der Waals surface area contributed by atoms with E-state index in [1.54, 1.807) is 0 Å². The fourth-order valence-corrected chi connectivity index (χ4v) is 2.07. The van der Waals surface area contributed by atoms with Crippen molar-refractivity contribution in [2.75, 3.05) is 0 Å². The van der Waals surface area contributed by atoms with Crippen LogP contribution >= 0.6 is 0 Å². The molecule has 18 heavy (non-hydrogen) atoms. The van der Waals surface area contributed by atoms with Gasteiger partial charge >= 0.3 is 5.97 Å². The van der Waals surface area contributed by atoms with Gasteiger partial charge in [-0.2, -0.15) is 0 Å². The number of hydrogen-bond acceptors (Lipinski definition) is 1. The molecule has 0 aliphatic heterocycles. The van der Waals surface area contributed by atoms with Crippen LogP contribution in [0.5, 0.6) is 0 Å². The second-order valence-corrected chi connectivity index (χ2v) is 4.37. The summed E-state index contributed by atoms with van der Waals surface area (Å²) in [5.41, 5.74) is 3.29. The number of rotatable bonds is 2. The van der Waals surface area contributed by atoms with E-state index in [0.29, 0.717) is 5.56 Å². The maximum atomic E-state index is 13.3. The van der Waals surface area contributed by atoms with E-state index in [9.17, 15) is 9.18 Å². The summed E-state index contributed by atoms with van der Waals surface area (Å²) in [5, 5.41) is 9.13. The molecule has 2 rings (SSSR count). The van der Waals surface area contributed by atoms with Crippen LogP contribution in [0.15, 0.2) is 36.4 Å². The maximum Gasteiger partial charge on any atom is 0.336 e. The minimum atomic E-state index is -1.05. The van der Waals surface area contributed by atoms with Crippen LogP contribution in [0.2, 0.25) is 0 Å². The number of aromatic carboxylic acids is 1. The Kier molecular flexibility index (Phi) is 3.15. The zero-order valence-electron chi connectivity index (χ0n) is 10.2. The van der Waals surface area contributed by atoms with Crippen LogP contribution in [0.1, 0.15) is 21.5 Å². The van der Waals surface area contributed by atoms with Crippen molar-refractivity contribution < 1.29 is 14.3 Å². The Bertz CT molecular complexity index is 598. The van der Waals surface area contributed by atoms with Gasteiger partial charge in [-0.3, -0.25) is 0 Å². The molecule has 2 nitrogen and oxygen atoms in total. The van der Waals surface area contributed by atoms with Crippen LogP contribution < -0.4 is 0 Å². The van der Waals surface area contributed by atoms with E-state index in [2.05, 4.69) is 0 Å². The molecule has 0 atom stereocenters. The molecule has 3 heteroatoms. The quantitative estimate of drug-likeness (QED) is 0.872. The number of benzene rings is 2. The summed E-state index contributed by atoms with van der Waals surface area (Å²) in [6.07, 6.45) is 0. The van der Waals surface area contributed by atoms with Gasteiger partial charge in [-0.25, -0.2) is 9.18 Å².